The lowest BCUT2D eigenvalue weighted by Crippen LogP contribution is -2.49. The van der Waals surface area contributed by atoms with E-state index in [1.54, 1.807) is 0 Å². The van der Waals surface area contributed by atoms with E-state index in [1.807, 2.05) is 31.2 Å². The zero-order chi connectivity index (χ0) is 16.7. The quantitative estimate of drug-likeness (QED) is 0.747. The summed E-state index contributed by atoms with van der Waals surface area (Å²) >= 11 is 5.88. The molecule has 1 fully saturated rings. The number of nitrogens with zero attached hydrogens (tertiary/aromatic N) is 2. The van der Waals surface area contributed by atoms with Crippen molar-refractivity contribution in [2.24, 2.45) is 0 Å². The lowest BCUT2D eigenvalue weighted by molar-refractivity contribution is -0.0214. The molecule has 1 heterocycles. The van der Waals surface area contributed by atoms with Crippen LogP contribution in [0.1, 0.15) is 18.6 Å². The van der Waals surface area contributed by atoms with Gasteiger partial charge >= 0.3 is 0 Å². The van der Waals surface area contributed by atoms with Crippen molar-refractivity contribution in [2.75, 3.05) is 52.5 Å². The van der Waals surface area contributed by atoms with Gasteiger partial charge in [0.15, 0.2) is 0 Å². The standard InChI is InChI=1S/C17H27ClN2O3/c1-14(15-2-4-16(18)5-3-15)23-13-17(22)12-20-8-6-19(7-9-20)10-11-21/h2-5,14,17,21-22H,6-13H2,1H3. The van der Waals surface area contributed by atoms with Gasteiger partial charge in [-0.2, -0.15) is 0 Å². The highest BCUT2D eigenvalue weighted by molar-refractivity contribution is 6.30. The average molecular weight is 343 g/mol. The topological polar surface area (TPSA) is 56.2 Å². The summed E-state index contributed by atoms with van der Waals surface area (Å²) in [4.78, 5) is 4.48. The molecule has 1 aromatic carbocycles. The normalized spacial score (nSPS) is 19.7. The summed E-state index contributed by atoms with van der Waals surface area (Å²) in [5.74, 6) is 0. The Morgan fingerprint density at radius 3 is 2.35 bits per heavy atom. The van der Waals surface area contributed by atoms with E-state index < -0.39 is 6.10 Å². The maximum atomic E-state index is 10.2. The van der Waals surface area contributed by atoms with Crippen LogP contribution in [0.4, 0.5) is 0 Å². The summed E-state index contributed by atoms with van der Waals surface area (Å²) in [7, 11) is 0. The highest BCUT2D eigenvalue weighted by Gasteiger charge is 2.19. The third kappa shape index (κ3) is 6.37. The summed E-state index contributed by atoms with van der Waals surface area (Å²) in [5.41, 5.74) is 1.05. The third-order valence-corrected chi connectivity index (χ3v) is 4.48. The van der Waals surface area contributed by atoms with Crippen molar-refractivity contribution < 1.29 is 14.9 Å². The van der Waals surface area contributed by atoms with Crippen molar-refractivity contribution in [2.45, 2.75) is 19.1 Å². The molecule has 1 aliphatic rings. The number of aliphatic hydroxyl groups excluding tert-OH is 2. The number of piperazine rings is 1. The number of benzene rings is 1. The largest absolute Gasteiger partial charge is 0.395 e. The lowest BCUT2D eigenvalue weighted by atomic mass is 10.1. The van der Waals surface area contributed by atoms with Crippen LogP contribution >= 0.6 is 11.6 Å². The van der Waals surface area contributed by atoms with Gasteiger partial charge in [0.25, 0.3) is 0 Å². The predicted molar refractivity (Wildman–Crippen MR) is 91.8 cm³/mol. The van der Waals surface area contributed by atoms with Gasteiger partial charge in [-0.25, -0.2) is 0 Å². The SMILES string of the molecule is CC(OCC(O)CN1CCN(CCO)CC1)c1ccc(Cl)cc1. The van der Waals surface area contributed by atoms with Gasteiger partial charge in [0.2, 0.25) is 0 Å². The van der Waals surface area contributed by atoms with E-state index in [1.165, 1.54) is 0 Å². The minimum absolute atomic E-state index is 0.0664. The van der Waals surface area contributed by atoms with E-state index in [0.29, 0.717) is 18.2 Å². The van der Waals surface area contributed by atoms with Gasteiger partial charge in [0, 0.05) is 44.3 Å². The first-order valence-corrected chi connectivity index (χ1v) is 8.57. The van der Waals surface area contributed by atoms with Gasteiger partial charge in [-0.05, 0) is 24.6 Å². The second kappa shape index (κ2) is 9.57. The number of aliphatic hydroxyl groups is 2. The third-order valence-electron chi connectivity index (χ3n) is 4.23. The smallest absolute Gasteiger partial charge is 0.0900 e. The number of halogens is 1. The molecule has 5 nitrogen and oxygen atoms in total. The number of rotatable bonds is 8. The zero-order valence-electron chi connectivity index (χ0n) is 13.7. The first-order chi connectivity index (χ1) is 11.1. The number of ether oxygens (including phenoxy) is 1. The molecule has 2 atom stereocenters. The Bertz CT molecular complexity index is 450. The molecule has 130 valence electrons. The summed E-state index contributed by atoms with van der Waals surface area (Å²) in [6, 6.07) is 7.58. The van der Waals surface area contributed by atoms with Crippen LogP contribution in [0.5, 0.6) is 0 Å². The number of hydrogen-bond acceptors (Lipinski definition) is 5. The molecular formula is C17H27ClN2O3. The summed E-state index contributed by atoms with van der Waals surface area (Å²) in [6.07, 6.45) is -0.558. The van der Waals surface area contributed by atoms with E-state index in [9.17, 15) is 5.11 Å². The highest BCUT2D eigenvalue weighted by Crippen LogP contribution is 2.19. The molecule has 6 heteroatoms. The molecule has 23 heavy (non-hydrogen) atoms. The van der Waals surface area contributed by atoms with Gasteiger partial charge in [-0.15, -0.1) is 0 Å². The molecule has 1 aromatic rings. The van der Waals surface area contributed by atoms with Crippen LogP contribution in [0.25, 0.3) is 0 Å². The highest BCUT2D eigenvalue weighted by atomic mass is 35.5. The first kappa shape index (κ1) is 18.6. The van der Waals surface area contributed by atoms with E-state index >= 15 is 0 Å². The molecule has 0 aromatic heterocycles. The lowest BCUT2D eigenvalue weighted by Gasteiger charge is -2.35. The molecule has 0 bridgehead atoms. The van der Waals surface area contributed by atoms with Crippen LogP contribution < -0.4 is 0 Å². The predicted octanol–water partition coefficient (Wildman–Crippen LogP) is 1.39. The Morgan fingerprint density at radius 1 is 1.13 bits per heavy atom. The maximum Gasteiger partial charge on any atom is 0.0900 e. The molecule has 0 radical (unpaired) electrons. The van der Waals surface area contributed by atoms with Crippen LogP contribution in [0.15, 0.2) is 24.3 Å². The summed E-state index contributed by atoms with van der Waals surface area (Å²) in [6.45, 7) is 7.58. The van der Waals surface area contributed by atoms with E-state index in [4.69, 9.17) is 21.4 Å². The van der Waals surface area contributed by atoms with Gasteiger partial charge in [0.05, 0.1) is 25.4 Å². The Kier molecular flexibility index (Phi) is 7.76. The fourth-order valence-corrected chi connectivity index (χ4v) is 2.90. The molecule has 0 saturated carbocycles. The summed E-state index contributed by atoms with van der Waals surface area (Å²) < 4.78 is 5.77. The van der Waals surface area contributed by atoms with Gasteiger partial charge < -0.3 is 14.9 Å². The molecule has 0 aliphatic carbocycles. The molecule has 2 unspecified atom stereocenters. The summed E-state index contributed by atoms with van der Waals surface area (Å²) in [5, 5.41) is 19.8. The molecular weight excluding hydrogens is 316 g/mol. The van der Waals surface area contributed by atoms with Crippen molar-refractivity contribution in [1.29, 1.82) is 0 Å². The van der Waals surface area contributed by atoms with Crippen molar-refractivity contribution in [1.82, 2.24) is 9.80 Å². The van der Waals surface area contributed by atoms with Crippen molar-refractivity contribution in [3.05, 3.63) is 34.9 Å². The fraction of sp³-hybridized carbons (Fsp3) is 0.647. The van der Waals surface area contributed by atoms with Crippen LogP contribution in [0.2, 0.25) is 5.02 Å². The van der Waals surface area contributed by atoms with Crippen LogP contribution in [0, 0.1) is 0 Å². The molecule has 2 rings (SSSR count). The fourth-order valence-electron chi connectivity index (χ4n) is 2.77. The number of β-amino-alcohol motifs (C(OH)–C–C–N with tert-alkyl or cyclic N) is 2. The molecule has 1 saturated heterocycles. The van der Waals surface area contributed by atoms with Crippen LogP contribution in [-0.2, 0) is 4.74 Å². The van der Waals surface area contributed by atoms with Gasteiger partial charge in [-0.3, -0.25) is 9.80 Å². The monoisotopic (exact) mass is 342 g/mol. The Balaban J connectivity index is 1.67. The van der Waals surface area contributed by atoms with Crippen molar-refractivity contribution >= 4 is 11.6 Å². The average Bonchev–Trinajstić information content (AvgIpc) is 2.55. The second-order valence-electron chi connectivity index (χ2n) is 6.05. The molecule has 1 aliphatic heterocycles. The Morgan fingerprint density at radius 2 is 1.74 bits per heavy atom. The minimum atomic E-state index is -0.492. The number of hydrogen-bond donors (Lipinski definition) is 2. The minimum Gasteiger partial charge on any atom is -0.395 e. The van der Waals surface area contributed by atoms with Gasteiger partial charge in [-0.1, -0.05) is 23.7 Å². The van der Waals surface area contributed by atoms with Gasteiger partial charge in [0.1, 0.15) is 0 Å². The zero-order valence-corrected chi connectivity index (χ0v) is 14.5. The first-order valence-electron chi connectivity index (χ1n) is 8.19. The van der Waals surface area contributed by atoms with E-state index in [0.717, 1.165) is 38.3 Å². The second-order valence-corrected chi connectivity index (χ2v) is 6.48. The van der Waals surface area contributed by atoms with Crippen LogP contribution in [0.3, 0.4) is 0 Å². The Labute approximate surface area is 143 Å². The van der Waals surface area contributed by atoms with Crippen molar-refractivity contribution in [3.8, 4) is 0 Å². The molecule has 0 spiro atoms. The molecule has 2 N–H and O–H groups in total. The molecule has 0 amide bonds. The van der Waals surface area contributed by atoms with Crippen molar-refractivity contribution in [3.63, 3.8) is 0 Å². The maximum absolute atomic E-state index is 10.2. The Hall–Kier alpha value is -0.690. The van der Waals surface area contributed by atoms with E-state index in [2.05, 4.69) is 9.80 Å². The van der Waals surface area contributed by atoms with Crippen LogP contribution in [-0.4, -0.2) is 78.6 Å². The van der Waals surface area contributed by atoms with E-state index in [-0.39, 0.29) is 12.7 Å².